The Kier molecular flexibility index (Phi) is 74.4. The number of phosphoric ester groups is 2. The van der Waals surface area contributed by atoms with E-state index in [2.05, 4.69) is 34.6 Å². The summed E-state index contributed by atoms with van der Waals surface area (Å²) in [4.78, 5) is 72.8. The first-order valence-electron chi connectivity index (χ1n) is 43.1. The molecule has 2 unspecified atom stereocenters. The lowest BCUT2D eigenvalue weighted by molar-refractivity contribution is -0.161. The summed E-state index contributed by atoms with van der Waals surface area (Å²) in [7, 11) is -9.91. The monoisotopic (exact) mass is 1490 g/mol. The molecule has 0 heterocycles. The van der Waals surface area contributed by atoms with Crippen molar-refractivity contribution in [2.24, 2.45) is 5.92 Å². The predicted molar refractivity (Wildman–Crippen MR) is 418 cm³/mol. The van der Waals surface area contributed by atoms with Gasteiger partial charge >= 0.3 is 39.5 Å². The van der Waals surface area contributed by atoms with Gasteiger partial charge in [0.2, 0.25) is 0 Å². The molecule has 0 bridgehead atoms. The molecule has 0 amide bonds. The van der Waals surface area contributed by atoms with Crippen molar-refractivity contribution in [3.05, 3.63) is 0 Å². The molecule has 19 heteroatoms. The number of rotatable bonds is 83. The molecule has 0 aliphatic rings. The molecule has 0 spiro atoms. The maximum absolute atomic E-state index is 13.1. The molecule has 0 saturated heterocycles. The molecule has 17 nitrogen and oxygen atoms in total. The minimum absolute atomic E-state index is 0.108. The van der Waals surface area contributed by atoms with Crippen LogP contribution in [0.15, 0.2) is 0 Å². The van der Waals surface area contributed by atoms with E-state index in [1.165, 1.54) is 263 Å². The number of unbranched alkanes of at least 4 members (excludes halogenated alkanes) is 55. The molecule has 0 saturated carbocycles. The molecule has 0 aromatic heterocycles. The van der Waals surface area contributed by atoms with E-state index in [0.717, 1.165) is 102 Å². The molecule has 0 aliphatic heterocycles. The quantitative estimate of drug-likeness (QED) is 0.0222. The zero-order valence-corrected chi connectivity index (χ0v) is 68.5. The largest absolute Gasteiger partial charge is 0.472 e. The molecule has 0 radical (unpaired) electrons. The van der Waals surface area contributed by atoms with Gasteiger partial charge in [0.25, 0.3) is 0 Å². The average molecular weight is 1490 g/mol. The Morgan fingerprint density at radius 2 is 0.451 bits per heavy atom. The van der Waals surface area contributed by atoms with E-state index in [1.807, 2.05) is 0 Å². The molecule has 0 rings (SSSR count). The second-order valence-electron chi connectivity index (χ2n) is 30.3. The first-order chi connectivity index (χ1) is 49.5. The second-order valence-corrected chi connectivity index (χ2v) is 33.3. The van der Waals surface area contributed by atoms with Gasteiger partial charge in [0.05, 0.1) is 26.4 Å². The van der Waals surface area contributed by atoms with Gasteiger partial charge in [-0.2, -0.15) is 0 Å². The van der Waals surface area contributed by atoms with Gasteiger partial charge in [0.1, 0.15) is 19.3 Å². The van der Waals surface area contributed by atoms with Crippen LogP contribution >= 0.6 is 15.6 Å². The lowest BCUT2D eigenvalue weighted by Gasteiger charge is -2.21. The van der Waals surface area contributed by atoms with Crippen LogP contribution in [-0.2, 0) is 65.4 Å². The Morgan fingerprint density at radius 1 is 0.265 bits per heavy atom. The molecule has 3 N–H and O–H groups in total. The lowest BCUT2D eigenvalue weighted by Crippen LogP contribution is -2.30. The summed E-state index contributed by atoms with van der Waals surface area (Å²) in [5, 5.41) is 10.6. The average Bonchev–Trinajstić information content (AvgIpc) is 0.927. The summed E-state index contributed by atoms with van der Waals surface area (Å²) >= 11 is 0. The molecule has 606 valence electrons. The van der Waals surface area contributed by atoms with Gasteiger partial charge in [0, 0.05) is 25.7 Å². The van der Waals surface area contributed by atoms with Gasteiger partial charge in [-0.1, -0.05) is 394 Å². The van der Waals surface area contributed by atoms with Gasteiger partial charge < -0.3 is 33.8 Å². The first kappa shape index (κ1) is 100. The Hall–Kier alpha value is -1.94. The first-order valence-corrected chi connectivity index (χ1v) is 46.1. The standard InChI is InChI=1S/C83H162O17P2/c1-6-9-12-15-17-19-21-23-25-27-28-29-30-32-38-42-46-50-54-59-64-69-83(88)100-79(73-94-81(86)67-62-57-52-48-44-40-36-34-33-35-39-43-47-51-56-60-65-76(4)5)75-98-102(91,92)96-71-77(84)70-95-101(89,90)97-74-78(72-93-80(85)66-61-55-14-11-8-3)99-82(87)68-63-58-53-49-45-41-37-31-26-24-22-20-18-16-13-10-7-2/h76-79,84H,6-75H2,1-5H3,(H,89,90)(H,91,92)/t77-,78+,79+/m0/s1. The molecule has 0 aliphatic carbocycles. The van der Waals surface area contributed by atoms with E-state index in [4.69, 9.17) is 37.0 Å². The number of phosphoric acid groups is 2. The van der Waals surface area contributed by atoms with Gasteiger partial charge in [-0.3, -0.25) is 37.3 Å². The van der Waals surface area contributed by atoms with Gasteiger partial charge in [-0.05, 0) is 31.6 Å². The molecule has 5 atom stereocenters. The maximum atomic E-state index is 13.1. The highest BCUT2D eigenvalue weighted by atomic mass is 31.2. The minimum Gasteiger partial charge on any atom is -0.462 e. The molecule has 102 heavy (non-hydrogen) atoms. The van der Waals surface area contributed by atoms with Crippen molar-refractivity contribution >= 4 is 39.5 Å². The number of esters is 4. The van der Waals surface area contributed by atoms with E-state index in [-0.39, 0.29) is 25.7 Å². The smallest absolute Gasteiger partial charge is 0.462 e. The highest BCUT2D eigenvalue weighted by molar-refractivity contribution is 7.47. The summed E-state index contributed by atoms with van der Waals surface area (Å²) in [6.07, 6.45) is 68.6. The third-order valence-corrected chi connectivity index (χ3v) is 21.4. The van der Waals surface area contributed by atoms with Crippen LogP contribution in [0.25, 0.3) is 0 Å². The Labute approximate surface area is 626 Å². The number of hydrogen-bond donors (Lipinski definition) is 3. The van der Waals surface area contributed by atoms with Gasteiger partial charge in [-0.15, -0.1) is 0 Å². The van der Waals surface area contributed by atoms with Crippen LogP contribution in [0.2, 0.25) is 0 Å². The zero-order chi connectivity index (χ0) is 74.8. The Balaban J connectivity index is 5.11. The van der Waals surface area contributed by atoms with Crippen molar-refractivity contribution in [1.82, 2.24) is 0 Å². The number of carbonyl (C=O) groups is 4. The van der Waals surface area contributed by atoms with Crippen molar-refractivity contribution in [3.8, 4) is 0 Å². The van der Waals surface area contributed by atoms with Crippen LogP contribution in [0.5, 0.6) is 0 Å². The van der Waals surface area contributed by atoms with Crippen LogP contribution in [0.3, 0.4) is 0 Å². The fourth-order valence-corrected chi connectivity index (χ4v) is 14.5. The predicted octanol–water partition coefficient (Wildman–Crippen LogP) is 25.2. The molecular formula is C83H162O17P2. The van der Waals surface area contributed by atoms with E-state index in [9.17, 15) is 43.2 Å². The van der Waals surface area contributed by atoms with Crippen LogP contribution in [0.4, 0.5) is 0 Å². The van der Waals surface area contributed by atoms with Crippen LogP contribution in [-0.4, -0.2) is 96.7 Å². The number of hydrogen-bond acceptors (Lipinski definition) is 15. The van der Waals surface area contributed by atoms with Crippen LogP contribution < -0.4 is 0 Å². The summed E-state index contributed by atoms with van der Waals surface area (Å²) < 4.78 is 68.5. The molecule has 0 fully saturated rings. The van der Waals surface area contributed by atoms with Crippen molar-refractivity contribution in [1.29, 1.82) is 0 Å². The minimum atomic E-state index is -4.96. The Bertz CT molecular complexity index is 1940. The highest BCUT2D eigenvalue weighted by Gasteiger charge is 2.30. The number of aliphatic hydroxyl groups excluding tert-OH is 1. The van der Waals surface area contributed by atoms with E-state index >= 15 is 0 Å². The highest BCUT2D eigenvalue weighted by Crippen LogP contribution is 2.45. The topological polar surface area (TPSA) is 237 Å². The SMILES string of the molecule is CCCCCCCCCCCCCCCCCCCCCCCC(=O)O[C@H](COC(=O)CCCCCCCCCCCCCCCCCCC(C)C)COP(=O)(O)OC[C@@H](O)COP(=O)(O)OC[C@@H](COC(=O)CCCCCCC)OC(=O)CCCCCCCCCCCCCCCCCCC. The molecule has 0 aromatic rings. The summed E-state index contributed by atoms with van der Waals surface area (Å²) in [6, 6.07) is 0. The van der Waals surface area contributed by atoms with Crippen LogP contribution in [0, 0.1) is 5.92 Å². The third kappa shape index (κ3) is 76.3. The normalized spacial score (nSPS) is 13.8. The van der Waals surface area contributed by atoms with E-state index in [0.29, 0.717) is 25.7 Å². The molecular weight excluding hydrogens is 1330 g/mol. The second kappa shape index (κ2) is 75.9. The molecule has 0 aromatic carbocycles. The van der Waals surface area contributed by atoms with E-state index in [1.54, 1.807) is 0 Å². The Morgan fingerprint density at radius 3 is 0.667 bits per heavy atom. The summed E-state index contributed by atoms with van der Waals surface area (Å²) in [5.74, 6) is -1.30. The number of carbonyl (C=O) groups excluding carboxylic acids is 4. The van der Waals surface area contributed by atoms with Crippen molar-refractivity contribution in [2.45, 2.75) is 464 Å². The van der Waals surface area contributed by atoms with Crippen molar-refractivity contribution in [3.63, 3.8) is 0 Å². The zero-order valence-electron chi connectivity index (χ0n) is 66.8. The third-order valence-electron chi connectivity index (χ3n) is 19.5. The lowest BCUT2D eigenvalue weighted by atomic mass is 10.0. The van der Waals surface area contributed by atoms with Crippen molar-refractivity contribution in [2.75, 3.05) is 39.6 Å². The van der Waals surface area contributed by atoms with E-state index < -0.39 is 97.5 Å². The maximum Gasteiger partial charge on any atom is 0.472 e. The van der Waals surface area contributed by atoms with Crippen molar-refractivity contribution < 1.29 is 80.2 Å². The number of aliphatic hydroxyl groups is 1. The number of ether oxygens (including phenoxy) is 4. The van der Waals surface area contributed by atoms with Crippen LogP contribution in [0.1, 0.15) is 446 Å². The summed E-state index contributed by atoms with van der Waals surface area (Å²) in [5.41, 5.74) is 0. The fourth-order valence-electron chi connectivity index (χ4n) is 12.9. The van der Waals surface area contributed by atoms with Gasteiger partial charge in [0.15, 0.2) is 12.2 Å². The summed E-state index contributed by atoms with van der Waals surface area (Å²) in [6.45, 7) is 7.29. The fraction of sp³-hybridized carbons (Fsp3) is 0.952. The van der Waals surface area contributed by atoms with Gasteiger partial charge in [-0.25, -0.2) is 9.13 Å².